The molecule has 7 nitrogen and oxygen atoms in total. The predicted molar refractivity (Wildman–Crippen MR) is 95.9 cm³/mol. The highest BCUT2D eigenvalue weighted by atomic mass is 16.5. The number of carbonyl (C=O) groups excluding carboxylic acids is 1. The molecule has 0 aliphatic heterocycles. The number of nitrogens with zero attached hydrogens (tertiary/aromatic N) is 2. The molecule has 0 fully saturated rings. The number of amides is 1. The summed E-state index contributed by atoms with van der Waals surface area (Å²) >= 11 is 0. The lowest BCUT2D eigenvalue weighted by atomic mass is 10.1. The maximum Gasteiger partial charge on any atom is 0.261 e. The fraction of sp³-hybridized carbons (Fsp3) is 0.444. The van der Waals surface area contributed by atoms with Crippen molar-refractivity contribution in [2.75, 3.05) is 48.5 Å². The molecule has 7 heteroatoms. The lowest BCUT2D eigenvalue weighted by Gasteiger charge is -2.13. The summed E-state index contributed by atoms with van der Waals surface area (Å²) in [5, 5.41) is 12.0. The molecule has 0 spiro atoms. The van der Waals surface area contributed by atoms with Crippen LogP contribution in [0.1, 0.15) is 12.0 Å². The van der Waals surface area contributed by atoms with E-state index in [1.54, 1.807) is 12.1 Å². The van der Waals surface area contributed by atoms with Gasteiger partial charge in [0, 0.05) is 6.54 Å². The van der Waals surface area contributed by atoms with Gasteiger partial charge in [-0.1, -0.05) is 0 Å². The summed E-state index contributed by atoms with van der Waals surface area (Å²) in [6, 6.07) is 5.29. The summed E-state index contributed by atoms with van der Waals surface area (Å²) in [6.07, 6.45) is 2.30. The van der Waals surface area contributed by atoms with E-state index in [2.05, 4.69) is 5.32 Å². The number of nitrogens with one attached hydrogen (secondary N) is 1. The molecule has 0 aromatic heterocycles. The number of methoxy groups -OCH3 is 3. The van der Waals surface area contributed by atoms with E-state index in [4.69, 9.17) is 14.2 Å². The van der Waals surface area contributed by atoms with Crippen LogP contribution in [0.3, 0.4) is 0 Å². The minimum absolute atomic E-state index is 0.0131. The van der Waals surface area contributed by atoms with E-state index in [1.165, 1.54) is 27.4 Å². The number of hydrogen-bond acceptors (Lipinski definition) is 6. The Bertz CT molecular complexity index is 638. The lowest BCUT2D eigenvalue weighted by Crippen LogP contribution is -2.27. The second-order valence-electron chi connectivity index (χ2n) is 5.54. The van der Waals surface area contributed by atoms with E-state index in [-0.39, 0.29) is 5.57 Å². The zero-order chi connectivity index (χ0) is 18.8. The summed E-state index contributed by atoms with van der Waals surface area (Å²) < 4.78 is 15.8. The Hall–Kier alpha value is -2.72. The third-order valence-electron chi connectivity index (χ3n) is 3.43. The fourth-order valence-electron chi connectivity index (χ4n) is 2.19. The molecule has 1 rings (SSSR count). The van der Waals surface area contributed by atoms with Crippen molar-refractivity contribution in [2.24, 2.45) is 0 Å². The third-order valence-corrected chi connectivity index (χ3v) is 3.43. The maximum atomic E-state index is 12.2. The van der Waals surface area contributed by atoms with Crippen LogP contribution >= 0.6 is 0 Å². The van der Waals surface area contributed by atoms with Crippen LogP contribution in [0, 0.1) is 11.3 Å². The number of nitriles is 1. The maximum absolute atomic E-state index is 12.2. The standard InChI is InChI=1S/C18H25N3O4/c1-21(2)8-6-7-20-18(22)14(12-19)9-13-10-15(23-3)17(25-5)16(11-13)24-4/h9-11H,6-8H2,1-5H3,(H,20,22). The quantitative estimate of drug-likeness (QED) is 0.416. The SMILES string of the molecule is COc1cc(C=C(C#N)C(=O)NCCCN(C)C)cc(OC)c1OC. The minimum Gasteiger partial charge on any atom is -0.493 e. The first-order valence-electron chi connectivity index (χ1n) is 7.81. The third kappa shape index (κ3) is 6.01. The molecule has 1 amide bonds. The van der Waals surface area contributed by atoms with Gasteiger partial charge in [-0.05, 0) is 50.8 Å². The van der Waals surface area contributed by atoms with Crippen LogP contribution < -0.4 is 19.5 Å². The highest BCUT2D eigenvalue weighted by Crippen LogP contribution is 2.38. The molecule has 0 aliphatic rings. The summed E-state index contributed by atoms with van der Waals surface area (Å²) in [6.45, 7) is 1.37. The molecular formula is C18H25N3O4. The van der Waals surface area contributed by atoms with Gasteiger partial charge in [-0.25, -0.2) is 0 Å². The molecule has 0 radical (unpaired) electrons. The Morgan fingerprint density at radius 1 is 1.20 bits per heavy atom. The molecule has 25 heavy (non-hydrogen) atoms. The van der Waals surface area contributed by atoms with Crippen molar-refractivity contribution in [2.45, 2.75) is 6.42 Å². The Labute approximate surface area is 148 Å². The lowest BCUT2D eigenvalue weighted by molar-refractivity contribution is -0.117. The number of hydrogen-bond donors (Lipinski definition) is 1. The number of rotatable bonds is 9. The predicted octanol–water partition coefficient (Wildman–Crippen LogP) is 1.69. The molecule has 0 saturated carbocycles. The molecule has 1 aromatic rings. The highest BCUT2D eigenvalue weighted by molar-refractivity contribution is 6.01. The Kier molecular flexibility index (Phi) is 8.30. The first-order valence-corrected chi connectivity index (χ1v) is 7.81. The monoisotopic (exact) mass is 347 g/mol. The van der Waals surface area contributed by atoms with Crippen LogP contribution in [-0.2, 0) is 4.79 Å². The van der Waals surface area contributed by atoms with E-state index >= 15 is 0 Å². The van der Waals surface area contributed by atoms with Crippen molar-refractivity contribution in [3.05, 3.63) is 23.3 Å². The van der Waals surface area contributed by atoms with Crippen LogP contribution in [0.4, 0.5) is 0 Å². The molecule has 136 valence electrons. The average Bonchev–Trinajstić information content (AvgIpc) is 2.61. The molecule has 0 bridgehead atoms. The van der Waals surface area contributed by atoms with Gasteiger partial charge in [0.1, 0.15) is 11.6 Å². The fourth-order valence-corrected chi connectivity index (χ4v) is 2.19. The van der Waals surface area contributed by atoms with Gasteiger partial charge in [0.05, 0.1) is 21.3 Å². The summed E-state index contributed by atoms with van der Waals surface area (Å²) in [5.74, 6) is 0.956. The normalized spacial score (nSPS) is 11.0. The van der Waals surface area contributed by atoms with E-state index in [0.29, 0.717) is 29.4 Å². The summed E-state index contributed by atoms with van der Waals surface area (Å²) in [5.41, 5.74) is 0.619. The van der Waals surface area contributed by atoms with Gasteiger partial charge in [-0.2, -0.15) is 5.26 Å². The largest absolute Gasteiger partial charge is 0.493 e. The van der Waals surface area contributed by atoms with E-state index in [9.17, 15) is 10.1 Å². The minimum atomic E-state index is -0.407. The zero-order valence-corrected chi connectivity index (χ0v) is 15.4. The van der Waals surface area contributed by atoms with Gasteiger partial charge in [-0.3, -0.25) is 4.79 Å². The van der Waals surface area contributed by atoms with Crippen molar-refractivity contribution < 1.29 is 19.0 Å². The summed E-state index contributed by atoms with van der Waals surface area (Å²) in [4.78, 5) is 14.2. The second kappa shape index (κ2) is 10.2. The Balaban J connectivity index is 2.98. The van der Waals surface area contributed by atoms with Gasteiger partial charge in [0.2, 0.25) is 5.75 Å². The van der Waals surface area contributed by atoms with Gasteiger partial charge >= 0.3 is 0 Å². The second-order valence-corrected chi connectivity index (χ2v) is 5.54. The average molecular weight is 347 g/mol. The van der Waals surface area contributed by atoms with E-state index in [0.717, 1.165) is 13.0 Å². The molecule has 1 N–H and O–H groups in total. The van der Waals surface area contributed by atoms with Crippen LogP contribution in [0.15, 0.2) is 17.7 Å². The number of carbonyl (C=O) groups is 1. The van der Waals surface area contributed by atoms with Gasteiger partial charge < -0.3 is 24.4 Å². The van der Waals surface area contributed by atoms with Crippen LogP contribution in [0.25, 0.3) is 6.08 Å². The van der Waals surface area contributed by atoms with Crippen LogP contribution in [0.2, 0.25) is 0 Å². The van der Waals surface area contributed by atoms with Crippen molar-refractivity contribution >= 4 is 12.0 Å². The first kappa shape index (κ1) is 20.3. The molecule has 1 aromatic carbocycles. The molecule has 0 atom stereocenters. The topological polar surface area (TPSA) is 83.8 Å². The molecule has 0 unspecified atom stereocenters. The Morgan fingerprint density at radius 3 is 2.24 bits per heavy atom. The van der Waals surface area contributed by atoms with Crippen LogP contribution in [0.5, 0.6) is 17.2 Å². The highest BCUT2D eigenvalue weighted by Gasteiger charge is 2.14. The van der Waals surface area contributed by atoms with Crippen molar-refractivity contribution in [3.8, 4) is 23.3 Å². The smallest absolute Gasteiger partial charge is 0.261 e. The van der Waals surface area contributed by atoms with Crippen LogP contribution in [-0.4, -0.2) is 59.3 Å². The van der Waals surface area contributed by atoms with Crippen molar-refractivity contribution in [3.63, 3.8) is 0 Å². The molecular weight excluding hydrogens is 322 g/mol. The van der Waals surface area contributed by atoms with Gasteiger partial charge in [0.15, 0.2) is 11.5 Å². The summed E-state index contributed by atoms with van der Waals surface area (Å²) in [7, 11) is 8.46. The zero-order valence-electron chi connectivity index (χ0n) is 15.4. The van der Waals surface area contributed by atoms with Gasteiger partial charge in [0.25, 0.3) is 5.91 Å². The van der Waals surface area contributed by atoms with E-state index in [1.807, 2.05) is 25.1 Å². The van der Waals surface area contributed by atoms with Gasteiger partial charge in [-0.15, -0.1) is 0 Å². The molecule has 0 heterocycles. The van der Waals surface area contributed by atoms with E-state index < -0.39 is 5.91 Å². The molecule has 0 saturated heterocycles. The number of benzene rings is 1. The van der Waals surface area contributed by atoms with Crippen molar-refractivity contribution in [1.82, 2.24) is 10.2 Å². The van der Waals surface area contributed by atoms with Crippen molar-refractivity contribution in [1.29, 1.82) is 5.26 Å². The number of ether oxygens (including phenoxy) is 3. The Morgan fingerprint density at radius 2 is 1.80 bits per heavy atom. The first-order chi connectivity index (χ1) is 12.0. The molecule has 0 aliphatic carbocycles.